The summed E-state index contributed by atoms with van der Waals surface area (Å²) in [4.78, 5) is 4.37. The van der Waals surface area contributed by atoms with Gasteiger partial charge >= 0.3 is 6.55 Å². The van der Waals surface area contributed by atoms with Crippen molar-refractivity contribution < 1.29 is 13.5 Å². The summed E-state index contributed by atoms with van der Waals surface area (Å²) in [6.07, 6.45) is 0. The number of halogens is 2. The monoisotopic (exact) mass is 317 g/mol. The molecule has 0 amide bonds. The van der Waals surface area contributed by atoms with Crippen molar-refractivity contribution in [2.45, 2.75) is 19.5 Å². The Labute approximate surface area is 132 Å². The molecule has 0 radical (unpaired) electrons. The molecule has 3 aromatic rings. The molecule has 0 aliphatic carbocycles. The molecular weight excluding hydrogens is 300 g/mol. The number of fused-ring (bicyclic) bond motifs is 1. The third-order valence-corrected chi connectivity index (χ3v) is 3.68. The molecule has 0 aliphatic heterocycles. The third kappa shape index (κ3) is 2.84. The maximum absolute atomic E-state index is 13.5. The van der Waals surface area contributed by atoms with E-state index in [-0.39, 0.29) is 5.82 Å². The zero-order chi connectivity index (χ0) is 16.4. The standard InChI is InChI=1S/C17H17F2N3O/c1-11(20-13-8-4-6-10-15(13)23-2)16-21-12-7-3-5-9-14(12)22(16)17(18)19/h3-11,17,20H,1-2H3. The fourth-order valence-corrected chi connectivity index (χ4v) is 2.64. The molecule has 2 aromatic carbocycles. The van der Waals surface area contributed by atoms with Crippen molar-refractivity contribution in [3.05, 3.63) is 54.4 Å². The van der Waals surface area contributed by atoms with Gasteiger partial charge in [-0.25, -0.2) is 4.98 Å². The molecule has 4 nitrogen and oxygen atoms in total. The fraction of sp³-hybridized carbons (Fsp3) is 0.235. The molecule has 23 heavy (non-hydrogen) atoms. The quantitative estimate of drug-likeness (QED) is 0.746. The summed E-state index contributed by atoms with van der Waals surface area (Å²) in [5.41, 5.74) is 1.71. The van der Waals surface area contributed by atoms with Gasteiger partial charge < -0.3 is 10.1 Å². The van der Waals surface area contributed by atoms with Gasteiger partial charge in [0, 0.05) is 0 Å². The zero-order valence-corrected chi connectivity index (χ0v) is 12.8. The van der Waals surface area contributed by atoms with E-state index in [9.17, 15) is 8.78 Å². The second kappa shape index (κ2) is 6.24. The summed E-state index contributed by atoms with van der Waals surface area (Å²) in [7, 11) is 1.57. The van der Waals surface area contributed by atoms with E-state index in [1.807, 2.05) is 24.3 Å². The normalized spacial score (nSPS) is 12.6. The SMILES string of the molecule is COc1ccccc1NC(C)c1nc2ccccc2n1C(F)F. The van der Waals surface area contributed by atoms with Gasteiger partial charge in [-0.2, -0.15) is 8.78 Å². The molecule has 6 heteroatoms. The number of hydrogen-bond acceptors (Lipinski definition) is 3. The van der Waals surface area contributed by atoms with Crippen LogP contribution >= 0.6 is 0 Å². The second-order valence-corrected chi connectivity index (χ2v) is 5.17. The van der Waals surface area contributed by atoms with Crippen molar-refractivity contribution in [3.63, 3.8) is 0 Å². The third-order valence-electron chi connectivity index (χ3n) is 3.68. The van der Waals surface area contributed by atoms with Crippen LogP contribution in [0.2, 0.25) is 0 Å². The number of alkyl halides is 2. The highest BCUT2D eigenvalue weighted by Gasteiger charge is 2.22. The maximum atomic E-state index is 13.5. The first-order valence-electron chi connectivity index (χ1n) is 7.26. The van der Waals surface area contributed by atoms with Crippen molar-refractivity contribution >= 4 is 16.7 Å². The molecule has 1 N–H and O–H groups in total. The van der Waals surface area contributed by atoms with E-state index in [1.165, 1.54) is 0 Å². The average molecular weight is 317 g/mol. The largest absolute Gasteiger partial charge is 0.495 e. The molecule has 0 saturated carbocycles. The molecule has 1 unspecified atom stereocenters. The smallest absolute Gasteiger partial charge is 0.320 e. The van der Waals surface area contributed by atoms with Gasteiger partial charge in [0.25, 0.3) is 0 Å². The summed E-state index contributed by atoms with van der Waals surface area (Å²) >= 11 is 0. The second-order valence-electron chi connectivity index (χ2n) is 5.17. The molecule has 120 valence electrons. The van der Waals surface area contributed by atoms with Gasteiger partial charge in [-0.1, -0.05) is 24.3 Å². The predicted molar refractivity (Wildman–Crippen MR) is 86.0 cm³/mol. The number of methoxy groups -OCH3 is 1. The number of nitrogens with one attached hydrogen (secondary N) is 1. The van der Waals surface area contributed by atoms with Gasteiger partial charge in [0.2, 0.25) is 0 Å². The summed E-state index contributed by atoms with van der Waals surface area (Å²) in [6, 6.07) is 13.8. The highest BCUT2D eigenvalue weighted by molar-refractivity contribution is 5.76. The number of anilines is 1. The van der Waals surface area contributed by atoms with Crippen LogP contribution in [0.15, 0.2) is 48.5 Å². The Kier molecular flexibility index (Phi) is 4.14. The van der Waals surface area contributed by atoms with Crippen molar-refractivity contribution in [1.82, 2.24) is 9.55 Å². The van der Waals surface area contributed by atoms with E-state index in [0.29, 0.717) is 16.8 Å². The van der Waals surface area contributed by atoms with E-state index in [2.05, 4.69) is 10.3 Å². The molecule has 1 aromatic heterocycles. The van der Waals surface area contributed by atoms with Gasteiger partial charge in [-0.05, 0) is 31.2 Å². The first kappa shape index (κ1) is 15.3. The lowest BCUT2D eigenvalue weighted by Gasteiger charge is -2.18. The van der Waals surface area contributed by atoms with E-state index >= 15 is 0 Å². The van der Waals surface area contributed by atoms with E-state index in [4.69, 9.17) is 4.74 Å². The number of hydrogen-bond donors (Lipinski definition) is 1. The van der Waals surface area contributed by atoms with Crippen LogP contribution in [0.25, 0.3) is 11.0 Å². The van der Waals surface area contributed by atoms with Gasteiger partial charge in [0.15, 0.2) is 0 Å². The van der Waals surface area contributed by atoms with Crippen LogP contribution in [-0.2, 0) is 0 Å². The highest BCUT2D eigenvalue weighted by atomic mass is 19.3. The number of imidazole rings is 1. The Bertz CT molecular complexity index is 816. The van der Waals surface area contributed by atoms with E-state index < -0.39 is 12.6 Å². The summed E-state index contributed by atoms with van der Waals surface area (Å²) in [6.45, 7) is -0.855. The first-order valence-corrected chi connectivity index (χ1v) is 7.26. The lowest BCUT2D eigenvalue weighted by Crippen LogP contribution is -2.14. The van der Waals surface area contributed by atoms with Crippen LogP contribution in [0.3, 0.4) is 0 Å². The van der Waals surface area contributed by atoms with E-state index in [1.54, 1.807) is 38.3 Å². The van der Waals surface area contributed by atoms with Gasteiger partial charge in [0.1, 0.15) is 11.6 Å². The lowest BCUT2D eigenvalue weighted by molar-refractivity contribution is 0.0708. The summed E-state index contributed by atoms with van der Waals surface area (Å²) in [5.74, 6) is 0.936. The maximum Gasteiger partial charge on any atom is 0.320 e. The first-order chi connectivity index (χ1) is 11.1. The lowest BCUT2D eigenvalue weighted by atomic mass is 10.2. The van der Waals surface area contributed by atoms with Gasteiger partial charge in [-0.3, -0.25) is 4.57 Å². The van der Waals surface area contributed by atoms with Crippen molar-refractivity contribution in [1.29, 1.82) is 0 Å². The number of nitrogens with zero attached hydrogens (tertiary/aromatic N) is 2. The molecule has 3 rings (SSSR count). The fourth-order valence-electron chi connectivity index (χ4n) is 2.64. The minimum absolute atomic E-state index is 0.284. The number of benzene rings is 2. The summed E-state index contributed by atoms with van der Waals surface area (Å²) < 4.78 is 33.3. The molecule has 0 fully saturated rings. The minimum Gasteiger partial charge on any atom is -0.495 e. The minimum atomic E-state index is -2.65. The summed E-state index contributed by atoms with van der Waals surface area (Å²) in [5, 5.41) is 3.19. The molecule has 0 aliphatic rings. The van der Waals surface area contributed by atoms with Gasteiger partial charge in [-0.15, -0.1) is 0 Å². The van der Waals surface area contributed by atoms with Crippen LogP contribution < -0.4 is 10.1 Å². The Morgan fingerprint density at radius 2 is 1.78 bits per heavy atom. The highest BCUT2D eigenvalue weighted by Crippen LogP contribution is 2.31. The van der Waals surface area contributed by atoms with Crippen LogP contribution in [-0.4, -0.2) is 16.7 Å². The van der Waals surface area contributed by atoms with Crippen molar-refractivity contribution in [2.75, 3.05) is 12.4 Å². The van der Waals surface area contributed by atoms with E-state index in [0.717, 1.165) is 10.3 Å². The van der Waals surface area contributed by atoms with Crippen LogP contribution in [0.5, 0.6) is 5.75 Å². The van der Waals surface area contributed by atoms with Gasteiger partial charge in [0.05, 0.1) is 29.9 Å². The number of para-hydroxylation sites is 4. The number of ether oxygens (including phenoxy) is 1. The topological polar surface area (TPSA) is 39.1 Å². The predicted octanol–water partition coefficient (Wildman–Crippen LogP) is 4.61. The van der Waals surface area contributed by atoms with Crippen LogP contribution in [0.1, 0.15) is 25.3 Å². The number of aromatic nitrogens is 2. The molecule has 0 saturated heterocycles. The molecule has 0 spiro atoms. The van der Waals surface area contributed by atoms with Crippen LogP contribution in [0.4, 0.5) is 14.5 Å². The molecule has 1 heterocycles. The Morgan fingerprint density at radius 1 is 1.09 bits per heavy atom. The Morgan fingerprint density at radius 3 is 2.52 bits per heavy atom. The zero-order valence-electron chi connectivity index (χ0n) is 12.8. The van der Waals surface area contributed by atoms with Crippen LogP contribution in [0, 0.1) is 0 Å². The molecular formula is C17H17F2N3O. The molecule has 1 atom stereocenters. The Hall–Kier alpha value is -2.63. The van der Waals surface area contributed by atoms with Crippen molar-refractivity contribution in [3.8, 4) is 5.75 Å². The Balaban J connectivity index is 2.00. The van der Waals surface area contributed by atoms with Crippen molar-refractivity contribution in [2.24, 2.45) is 0 Å². The molecule has 0 bridgehead atoms. The number of rotatable bonds is 5. The average Bonchev–Trinajstić information content (AvgIpc) is 2.95.